The Balaban J connectivity index is 2.64. The minimum Gasteiger partial charge on any atom is -0.314 e. The van der Waals surface area contributed by atoms with Gasteiger partial charge in [-0.25, -0.2) is 0 Å². The first kappa shape index (κ1) is 10.4. The maximum atomic E-state index is 4.22. The van der Waals surface area contributed by atoms with Gasteiger partial charge < -0.3 is 5.32 Å². The van der Waals surface area contributed by atoms with Crippen molar-refractivity contribution in [3.05, 3.63) is 34.6 Å². The summed E-state index contributed by atoms with van der Waals surface area (Å²) < 4.78 is 1.01. The number of nitrogens with zero attached hydrogens (tertiary/aromatic N) is 1. The van der Waals surface area contributed by atoms with Crippen molar-refractivity contribution in [3.8, 4) is 0 Å². The van der Waals surface area contributed by atoms with Crippen LogP contribution in [0.3, 0.4) is 0 Å². The van der Waals surface area contributed by atoms with E-state index in [2.05, 4.69) is 39.2 Å². The number of rotatable bonds is 3. The van der Waals surface area contributed by atoms with Crippen LogP contribution in [0.4, 0.5) is 0 Å². The highest BCUT2D eigenvalue weighted by Crippen LogP contribution is 2.08. The number of hydrogen-bond donors (Lipinski definition) is 1. The molecule has 0 aliphatic rings. The van der Waals surface area contributed by atoms with Gasteiger partial charge in [-0.05, 0) is 48.1 Å². The van der Waals surface area contributed by atoms with Crippen LogP contribution in [0.5, 0.6) is 0 Å². The van der Waals surface area contributed by atoms with Crippen LogP contribution in [0.15, 0.2) is 28.9 Å². The number of pyridine rings is 1. The third kappa shape index (κ3) is 3.70. The summed E-state index contributed by atoms with van der Waals surface area (Å²) in [6.07, 6.45) is 5.88. The van der Waals surface area contributed by atoms with E-state index in [0.29, 0.717) is 6.04 Å². The number of aromatic nitrogens is 1. The molecule has 1 N–H and O–H groups in total. The highest BCUT2D eigenvalue weighted by molar-refractivity contribution is 9.10. The Bertz CT molecular complexity index is 279. The molecule has 0 aromatic carbocycles. The topological polar surface area (TPSA) is 24.9 Å². The van der Waals surface area contributed by atoms with Crippen LogP contribution < -0.4 is 5.32 Å². The van der Waals surface area contributed by atoms with Gasteiger partial charge in [0.05, 0.1) is 5.69 Å². The third-order valence-corrected chi connectivity index (χ3v) is 2.23. The molecule has 0 saturated heterocycles. The Labute approximate surface area is 87.2 Å². The van der Waals surface area contributed by atoms with Crippen molar-refractivity contribution < 1.29 is 0 Å². The van der Waals surface area contributed by atoms with E-state index in [1.54, 1.807) is 6.20 Å². The lowest BCUT2D eigenvalue weighted by Gasteiger charge is -2.01. The van der Waals surface area contributed by atoms with Gasteiger partial charge in [-0.3, -0.25) is 4.98 Å². The molecule has 70 valence electrons. The van der Waals surface area contributed by atoms with E-state index in [0.717, 1.165) is 10.2 Å². The molecule has 0 bridgehead atoms. The van der Waals surface area contributed by atoms with Gasteiger partial charge >= 0.3 is 0 Å². The van der Waals surface area contributed by atoms with Crippen molar-refractivity contribution in [3.63, 3.8) is 0 Å². The molecule has 2 nitrogen and oxygen atoms in total. The molecule has 1 unspecified atom stereocenters. The molecular formula is C10H13BrN2. The van der Waals surface area contributed by atoms with Crippen molar-refractivity contribution in [1.29, 1.82) is 0 Å². The van der Waals surface area contributed by atoms with Gasteiger partial charge in [0.25, 0.3) is 0 Å². The van der Waals surface area contributed by atoms with Crippen LogP contribution in [0, 0.1) is 0 Å². The molecule has 3 heteroatoms. The summed E-state index contributed by atoms with van der Waals surface area (Å²) in [5.41, 5.74) is 0.977. The van der Waals surface area contributed by atoms with Gasteiger partial charge in [-0.15, -0.1) is 0 Å². The highest BCUT2D eigenvalue weighted by Gasteiger charge is 1.91. The fraction of sp³-hybridized carbons (Fsp3) is 0.300. The standard InChI is InChI=1S/C10H13BrN2/c1-8(12-2)3-5-10-6-4-9(11)7-13-10/h3-8,12H,1-2H3/b5-3+. The summed E-state index contributed by atoms with van der Waals surface area (Å²) in [7, 11) is 1.93. The predicted octanol–water partition coefficient (Wildman–Crippen LogP) is 2.47. The zero-order chi connectivity index (χ0) is 9.68. The lowest BCUT2D eigenvalue weighted by molar-refractivity contribution is 0.731. The zero-order valence-electron chi connectivity index (χ0n) is 7.79. The van der Waals surface area contributed by atoms with Gasteiger partial charge in [-0.2, -0.15) is 0 Å². The Morgan fingerprint density at radius 3 is 2.85 bits per heavy atom. The molecule has 1 aromatic heterocycles. The van der Waals surface area contributed by atoms with E-state index in [4.69, 9.17) is 0 Å². The van der Waals surface area contributed by atoms with Crippen LogP contribution >= 0.6 is 15.9 Å². The van der Waals surface area contributed by atoms with Crippen molar-refractivity contribution in [2.75, 3.05) is 7.05 Å². The minimum absolute atomic E-state index is 0.380. The Morgan fingerprint density at radius 2 is 2.31 bits per heavy atom. The number of hydrogen-bond acceptors (Lipinski definition) is 2. The van der Waals surface area contributed by atoms with Crippen molar-refractivity contribution in [2.45, 2.75) is 13.0 Å². The normalized spacial score (nSPS) is 13.5. The molecule has 1 rings (SSSR count). The number of halogens is 1. The molecule has 0 radical (unpaired) electrons. The molecule has 0 amide bonds. The molecule has 0 aliphatic heterocycles. The molecule has 13 heavy (non-hydrogen) atoms. The maximum absolute atomic E-state index is 4.22. The van der Waals surface area contributed by atoms with E-state index in [-0.39, 0.29) is 0 Å². The SMILES string of the molecule is CNC(C)/C=C/c1ccc(Br)cn1. The largest absolute Gasteiger partial charge is 0.314 e. The first-order valence-electron chi connectivity index (χ1n) is 4.19. The maximum Gasteiger partial charge on any atom is 0.0627 e. The van der Waals surface area contributed by atoms with Crippen molar-refractivity contribution in [2.24, 2.45) is 0 Å². The Hall–Kier alpha value is -0.670. The molecular weight excluding hydrogens is 228 g/mol. The average Bonchev–Trinajstić information content (AvgIpc) is 2.16. The molecule has 1 atom stereocenters. The summed E-state index contributed by atoms with van der Waals surface area (Å²) in [5, 5.41) is 3.12. The van der Waals surface area contributed by atoms with Crippen LogP contribution in [-0.2, 0) is 0 Å². The molecule has 1 aromatic rings. The first-order chi connectivity index (χ1) is 6.22. The molecule has 0 fully saturated rings. The highest BCUT2D eigenvalue weighted by atomic mass is 79.9. The molecule has 0 spiro atoms. The summed E-state index contributed by atoms with van der Waals surface area (Å²) >= 11 is 3.34. The van der Waals surface area contributed by atoms with E-state index < -0.39 is 0 Å². The van der Waals surface area contributed by atoms with E-state index >= 15 is 0 Å². The average molecular weight is 241 g/mol. The first-order valence-corrected chi connectivity index (χ1v) is 4.98. The second-order valence-electron chi connectivity index (χ2n) is 2.84. The van der Waals surface area contributed by atoms with E-state index in [1.807, 2.05) is 25.3 Å². The lowest BCUT2D eigenvalue weighted by Crippen LogP contribution is -2.17. The van der Waals surface area contributed by atoms with E-state index in [9.17, 15) is 0 Å². The Morgan fingerprint density at radius 1 is 1.54 bits per heavy atom. The monoisotopic (exact) mass is 240 g/mol. The number of nitrogens with one attached hydrogen (secondary N) is 1. The molecule has 0 aliphatic carbocycles. The summed E-state index contributed by atoms with van der Waals surface area (Å²) in [5.74, 6) is 0. The molecule has 0 saturated carbocycles. The quantitative estimate of drug-likeness (QED) is 0.879. The fourth-order valence-electron chi connectivity index (χ4n) is 0.825. The second kappa shape index (κ2) is 5.14. The van der Waals surface area contributed by atoms with Crippen molar-refractivity contribution >= 4 is 22.0 Å². The minimum atomic E-state index is 0.380. The fourth-order valence-corrected chi connectivity index (χ4v) is 1.06. The predicted molar refractivity (Wildman–Crippen MR) is 59.5 cm³/mol. The zero-order valence-corrected chi connectivity index (χ0v) is 9.38. The van der Waals surface area contributed by atoms with Crippen LogP contribution in [0.25, 0.3) is 6.08 Å². The van der Waals surface area contributed by atoms with Gasteiger partial charge in [0.1, 0.15) is 0 Å². The van der Waals surface area contributed by atoms with Crippen LogP contribution in [0.1, 0.15) is 12.6 Å². The van der Waals surface area contributed by atoms with Gasteiger partial charge in [-0.1, -0.05) is 6.08 Å². The summed E-state index contributed by atoms with van der Waals surface area (Å²) in [6, 6.07) is 4.34. The summed E-state index contributed by atoms with van der Waals surface area (Å²) in [4.78, 5) is 4.22. The lowest BCUT2D eigenvalue weighted by atomic mass is 10.2. The van der Waals surface area contributed by atoms with E-state index in [1.165, 1.54) is 0 Å². The van der Waals surface area contributed by atoms with Crippen LogP contribution in [-0.4, -0.2) is 18.1 Å². The second-order valence-corrected chi connectivity index (χ2v) is 3.75. The Kier molecular flexibility index (Phi) is 4.12. The van der Waals surface area contributed by atoms with Gasteiger partial charge in [0.15, 0.2) is 0 Å². The third-order valence-electron chi connectivity index (χ3n) is 1.76. The van der Waals surface area contributed by atoms with Gasteiger partial charge in [0, 0.05) is 16.7 Å². The summed E-state index contributed by atoms with van der Waals surface area (Å²) in [6.45, 7) is 2.09. The van der Waals surface area contributed by atoms with Crippen LogP contribution in [0.2, 0.25) is 0 Å². The van der Waals surface area contributed by atoms with Crippen molar-refractivity contribution in [1.82, 2.24) is 10.3 Å². The smallest absolute Gasteiger partial charge is 0.0627 e. The van der Waals surface area contributed by atoms with Gasteiger partial charge in [0.2, 0.25) is 0 Å². The molecule has 1 heterocycles. The number of likely N-dealkylation sites (N-methyl/N-ethyl adjacent to an activating group) is 1.